The second kappa shape index (κ2) is 9.23. The molecule has 5 rings (SSSR count). The summed E-state index contributed by atoms with van der Waals surface area (Å²) in [5, 5.41) is 13.3. The predicted octanol–water partition coefficient (Wildman–Crippen LogP) is 4.66. The van der Waals surface area contributed by atoms with Crippen molar-refractivity contribution in [2.75, 3.05) is 38.5 Å². The molecule has 1 aromatic heterocycles. The Bertz CT molecular complexity index is 954. The largest absolute Gasteiger partial charge is 0.416 e. The average Bonchev–Trinajstić information content (AvgIpc) is 3.15. The van der Waals surface area contributed by atoms with E-state index in [1.165, 1.54) is 12.1 Å². The van der Waals surface area contributed by atoms with Gasteiger partial charge in [-0.3, -0.25) is 0 Å². The molecule has 0 amide bonds. The minimum atomic E-state index is -4.26. The minimum absolute atomic E-state index is 0.278. The Morgan fingerprint density at radius 3 is 2.64 bits per heavy atom. The molecule has 5 nitrogen and oxygen atoms in total. The fourth-order valence-electron chi connectivity index (χ4n) is 5.69. The molecule has 3 fully saturated rings. The molecule has 1 aromatic carbocycles. The van der Waals surface area contributed by atoms with Crippen molar-refractivity contribution >= 4 is 11.8 Å². The molecule has 3 heterocycles. The van der Waals surface area contributed by atoms with Crippen LogP contribution >= 0.6 is 11.8 Å². The van der Waals surface area contributed by atoms with Crippen molar-refractivity contribution in [1.82, 2.24) is 25.0 Å². The molecule has 2 aromatic rings. The summed E-state index contributed by atoms with van der Waals surface area (Å²) in [5.74, 6) is 3.05. The van der Waals surface area contributed by atoms with Crippen LogP contribution in [0.15, 0.2) is 29.4 Å². The molecular weight excluding hydrogens is 447 g/mol. The summed E-state index contributed by atoms with van der Waals surface area (Å²) in [6, 6.07) is 5.82. The maximum absolute atomic E-state index is 12.8. The third-order valence-corrected chi connectivity index (χ3v) is 8.82. The van der Waals surface area contributed by atoms with Gasteiger partial charge in [-0.25, -0.2) is 0 Å². The Hall–Kier alpha value is -1.58. The molecule has 180 valence electrons. The molecule has 2 saturated heterocycles. The van der Waals surface area contributed by atoms with Gasteiger partial charge in [-0.15, -0.1) is 10.2 Å². The molecule has 2 atom stereocenters. The van der Waals surface area contributed by atoms with Crippen LogP contribution in [0, 0.1) is 5.41 Å². The van der Waals surface area contributed by atoms with Gasteiger partial charge in [0.15, 0.2) is 5.16 Å². The first-order valence-corrected chi connectivity index (χ1v) is 13.0. The van der Waals surface area contributed by atoms with Crippen molar-refractivity contribution in [2.45, 2.75) is 55.3 Å². The maximum Gasteiger partial charge on any atom is 0.416 e. The molecule has 1 spiro atoms. The lowest BCUT2D eigenvalue weighted by Gasteiger charge is -2.21. The highest BCUT2D eigenvalue weighted by Crippen LogP contribution is 2.64. The second-order valence-electron chi connectivity index (χ2n) is 9.89. The van der Waals surface area contributed by atoms with Crippen LogP contribution < -0.4 is 5.32 Å². The third kappa shape index (κ3) is 4.95. The van der Waals surface area contributed by atoms with E-state index in [1.54, 1.807) is 23.9 Å². The Morgan fingerprint density at radius 1 is 1.15 bits per heavy atom. The fraction of sp³-hybridized carbons (Fsp3) is 0.667. The van der Waals surface area contributed by atoms with Crippen LogP contribution in [0.1, 0.15) is 60.9 Å². The SMILES string of the molecule is Cn1c(SCCCN2CCC3(CC3c3ccc(C(F)(F)F)cc3)C2)nnc1C1CCNCC1. The van der Waals surface area contributed by atoms with Crippen LogP contribution in [0.5, 0.6) is 0 Å². The number of thioether (sulfide) groups is 1. The first kappa shape index (κ1) is 23.2. The van der Waals surface area contributed by atoms with E-state index < -0.39 is 11.7 Å². The second-order valence-corrected chi connectivity index (χ2v) is 11.0. The summed E-state index contributed by atoms with van der Waals surface area (Å²) < 4.78 is 40.7. The number of hydrogen-bond donors (Lipinski definition) is 1. The monoisotopic (exact) mass is 479 g/mol. The van der Waals surface area contributed by atoms with E-state index in [0.29, 0.717) is 11.8 Å². The number of rotatable bonds is 7. The molecule has 2 aliphatic heterocycles. The van der Waals surface area contributed by atoms with Crippen molar-refractivity contribution < 1.29 is 13.2 Å². The van der Waals surface area contributed by atoms with Crippen molar-refractivity contribution in [3.05, 3.63) is 41.2 Å². The highest BCUT2D eigenvalue weighted by molar-refractivity contribution is 7.99. The molecule has 2 unspecified atom stereocenters. The lowest BCUT2D eigenvalue weighted by molar-refractivity contribution is -0.137. The zero-order chi connectivity index (χ0) is 23.1. The normalized spacial score (nSPS) is 26.4. The van der Waals surface area contributed by atoms with Gasteiger partial charge < -0.3 is 14.8 Å². The van der Waals surface area contributed by atoms with E-state index >= 15 is 0 Å². The molecule has 1 saturated carbocycles. The Morgan fingerprint density at radius 2 is 1.91 bits per heavy atom. The van der Waals surface area contributed by atoms with E-state index in [9.17, 15) is 13.2 Å². The van der Waals surface area contributed by atoms with Gasteiger partial charge in [-0.2, -0.15) is 13.2 Å². The standard InChI is InChI=1S/C24H32F3N5S/c1-31-21(18-7-10-28-11-8-18)29-30-22(31)33-14-2-12-32-13-9-23(16-32)15-20(23)17-3-5-19(6-4-17)24(25,26)27/h3-6,18,20,28H,2,7-16H2,1H3. The molecular formula is C24H32F3N5S. The zero-order valence-corrected chi connectivity index (χ0v) is 19.9. The number of hydrogen-bond acceptors (Lipinski definition) is 5. The van der Waals surface area contributed by atoms with Gasteiger partial charge in [-0.05, 0) is 87.3 Å². The number of halogens is 3. The van der Waals surface area contributed by atoms with Crippen LogP contribution in [0.2, 0.25) is 0 Å². The van der Waals surface area contributed by atoms with Crippen LogP contribution in [-0.2, 0) is 13.2 Å². The molecule has 3 aliphatic rings. The number of nitrogens with one attached hydrogen (secondary N) is 1. The van der Waals surface area contributed by atoms with Crippen LogP contribution in [0.4, 0.5) is 13.2 Å². The Kier molecular flexibility index (Phi) is 6.48. The van der Waals surface area contributed by atoms with E-state index in [2.05, 4.69) is 32.0 Å². The highest BCUT2D eigenvalue weighted by Gasteiger charge is 2.57. The summed E-state index contributed by atoms with van der Waals surface area (Å²) in [6.45, 7) is 5.32. The molecule has 9 heteroatoms. The van der Waals surface area contributed by atoms with Crippen LogP contribution in [0.25, 0.3) is 0 Å². The van der Waals surface area contributed by atoms with Crippen LogP contribution in [0.3, 0.4) is 0 Å². The highest BCUT2D eigenvalue weighted by atomic mass is 32.2. The van der Waals surface area contributed by atoms with Crippen molar-refractivity contribution in [2.24, 2.45) is 12.5 Å². The van der Waals surface area contributed by atoms with Crippen LogP contribution in [-0.4, -0.2) is 58.1 Å². The zero-order valence-electron chi connectivity index (χ0n) is 19.1. The fourth-order valence-corrected chi connectivity index (χ4v) is 6.53. The Labute approximate surface area is 197 Å². The Balaban J connectivity index is 1.06. The number of benzene rings is 1. The van der Waals surface area contributed by atoms with E-state index in [4.69, 9.17) is 0 Å². The van der Waals surface area contributed by atoms with Crippen molar-refractivity contribution in [1.29, 1.82) is 0 Å². The van der Waals surface area contributed by atoms with Gasteiger partial charge in [0, 0.05) is 25.3 Å². The van der Waals surface area contributed by atoms with E-state index in [-0.39, 0.29) is 5.41 Å². The molecule has 1 aliphatic carbocycles. The lowest BCUT2D eigenvalue weighted by Crippen LogP contribution is -2.27. The number of aromatic nitrogens is 3. The summed E-state index contributed by atoms with van der Waals surface area (Å²) in [7, 11) is 2.08. The number of piperidine rings is 1. The first-order chi connectivity index (χ1) is 15.9. The smallest absolute Gasteiger partial charge is 0.317 e. The number of nitrogens with zero attached hydrogens (tertiary/aromatic N) is 4. The number of likely N-dealkylation sites (tertiary alicyclic amines) is 1. The summed E-state index contributed by atoms with van der Waals surface area (Å²) in [5.41, 5.74) is 0.782. The maximum atomic E-state index is 12.8. The van der Waals surface area contributed by atoms with Crippen molar-refractivity contribution in [3.63, 3.8) is 0 Å². The quantitative estimate of drug-likeness (QED) is 0.462. The average molecular weight is 480 g/mol. The predicted molar refractivity (Wildman–Crippen MR) is 123 cm³/mol. The third-order valence-electron chi connectivity index (χ3n) is 7.72. The summed E-state index contributed by atoms with van der Waals surface area (Å²) >= 11 is 1.79. The van der Waals surface area contributed by atoms with Gasteiger partial charge in [0.2, 0.25) is 0 Å². The molecule has 33 heavy (non-hydrogen) atoms. The van der Waals surface area contributed by atoms with E-state index in [0.717, 1.165) is 87.1 Å². The molecule has 1 N–H and O–H groups in total. The summed E-state index contributed by atoms with van der Waals surface area (Å²) in [4.78, 5) is 2.53. The van der Waals surface area contributed by atoms with Gasteiger partial charge in [0.1, 0.15) is 5.82 Å². The van der Waals surface area contributed by atoms with Gasteiger partial charge in [0.25, 0.3) is 0 Å². The van der Waals surface area contributed by atoms with Gasteiger partial charge >= 0.3 is 6.18 Å². The minimum Gasteiger partial charge on any atom is -0.317 e. The first-order valence-electron chi connectivity index (χ1n) is 12.0. The molecule has 0 bridgehead atoms. The lowest BCUT2D eigenvalue weighted by atomic mass is 9.97. The number of alkyl halides is 3. The van der Waals surface area contributed by atoms with Gasteiger partial charge in [-0.1, -0.05) is 23.9 Å². The van der Waals surface area contributed by atoms with Crippen molar-refractivity contribution in [3.8, 4) is 0 Å². The summed E-state index contributed by atoms with van der Waals surface area (Å²) in [6.07, 6.45) is 1.33. The van der Waals surface area contributed by atoms with E-state index in [1.807, 2.05) is 0 Å². The van der Waals surface area contributed by atoms with Gasteiger partial charge in [0.05, 0.1) is 5.56 Å². The topological polar surface area (TPSA) is 46.0 Å². The molecule has 0 radical (unpaired) electrons.